The van der Waals surface area contributed by atoms with E-state index in [0.717, 1.165) is 13.0 Å². The summed E-state index contributed by atoms with van der Waals surface area (Å²) in [6.45, 7) is 2.99. The molecule has 0 spiro atoms. The van der Waals surface area contributed by atoms with Gasteiger partial charge in [-0.05, 0) is 35.6 Å². The van der Waals surface area contributed by atoms with Crippen LogP contribution in [0.4, 0.5) is 0 Å². The molecule has 0 saturated carbocycles. The van der Waals surface area contributed by atoms with Crippen LogP contribution in [0.15, 0.2) is 54.6 Å². The number of benzene rings is 2. The van der Waals surface area contributed by atoms with Gasteiger partial charge in [-0.25, -0.2) is 0 Å². The molecule has 2 aromatic rings. The second-order valence-corrected chi connectivity index (χ2v) is 4.43. The minimum atomic E-state index is 0.511. The minimum Gasteiger partial charge on any atom is -0.330 e. The maximum Gasteiger partial charge on any atom is -0.00715 e. The lowest BCUT2D eigenvalue weighted by Gasteiger charge is -2.15. The van der Waals surface area contributed by atoms with Crippen molar-refractivity contribution in [3.05, 3.63) is 60.2 Å². The highest BCUT2D eigenvalue weighted by molar-refractivity contribution is 5.67. The van der Waals surface area contributed by atoms with E-state index >= 15 is 0 Å². The molecule has 0 aromatic heterocycles. The number of hydrogen-bond donors (Lipinski definition) is 1. The Morgan fingerprint density at radius 3 is 2.29 bits per heavy atom. The van der Waals surface area contributed by atoms with E-state index in [1.807, 2.05) is 0 Å². The van der Waals surface area contributed by atoms with Gasteiger partial charge >= 0.3 is 0 Å². The normalized spacial score (nSPS) is 12.4. The van der Waals surface area contributed by atoms with Crippen LogP contribution in [0.2, 0.25) is 0 Å². The first-order chi connectivity index (χ1) is 8.33. The van der Waals surface area contributed by atoms with Gasteiger partial charge in [0.1, 0.15) is 0 Å². The lowest BCUT2D eigenvalue weighted by atomic mass is 9.90. The summed E-state index contributed by atoms with van der Waals surface area (Å²) in [5.41, 5.74) is 9.66. The Hall–Kier alpha value is -1.60. The predicted molar refractivity (Wildman–Crippen MR) is 74.0 cm³/mol. The maximum absolute atomic E-state index is 5.66. The Bertz CT molecular complexity index is 462. The Morgan fingerprint density at radius 1 is 0.941 bits per heavy atom. The molecule has 0 fully saturated rings. The highest BCUT2D eigenvalue weighted by Gasteiger charge is 2.10. The van der Waals surface area contributed by atoms with E-state index < -0.39 is 0 Å². The monoisotopic (exact) mass is 225 g/mol. The van der Waals surface area contributed by atoms with Crippen LogP contribution in [-0.2, 0) is 0 Å². The summed E-state index contributed by atoms with van der Waals surface area (Å²) < 4.78 is 0. The fourth-order valence-electron chi connectivity index (χ4n) is 2.21. The summed E-state index contributed by atoms with van der Waals surface area (Å²) in [6.07, 6.45) is 1.03. The van der Waals surface area contributed by atoms with Crippen LogP contribution >= 0.6 is 0 Å². The second-order valence-electron chi connectivity index (χ2n) is 4.43. The third-order valence-electron chi connectivity index (χ3n) is 3.18. The number of hydrogen-bond acceptors (Lipinski definition) is 1. The van der Waals surface area contributed by atoms with E-state index in [9.17, 15) is 0 Å². The molecule has 1 nitrogen and oxygen atoms in total. The fourth-order valence-corrected chi connectivity index (χ4v) is 2.21. The Morgan fingerprint density at radius 2 is 1.59 bits per heavy atom. The average molecular weight is 225 g/mol. The topological polar surface area (TPSA) is 26.0 Å². The molecule has 0 aliphatic heterocycles. The van der Waals surface area contributed by atoms with Gasteiger partial charge in [0.05, 0.1) is 0 Å². The van der Waals surface area contributed by atoms with Crippen LogP contribution in [0.3, 0.4) is 0 Å². The zero-order valence-electron chi connectivity index (χ0n) is 10.3. The van der Waals surface area contributed by atoms with Gasteiger partial charge in [-0.2, -0.15) is 0 Å². The Balaban J connectivity index is 2.41. The molecule has 2 rings (SSSR count). The van der Waals surface area contributed by atoms with Crippen molar-refractivity contribution in [1.29, 1.82) is 0 Å². The maximum atomic E-state index is 5.66. The standard InChI is InChI=1S/C16H19N/c1-13(11-12-17)15-9-5-6-10-16(15)14-7-3-2-4-8-14/h2-10,13H,11-12,17H2,1H3. The van der Waals surface area contributed by atoms with Crippen LogP contribution in [0.25, 0.3) is 11.1 Å². The highest BCUT2D eigenvalue weighted by Crippen LogP contribution is 2.30. The van der Waals surface area contributed by atoms with E-state index in [2.05, 4.69) is 61.5 Å². The van der Waals surface area contributed by atoms with E-state index in [1.165, 1.54) is 16.7 Å². The van der Waals surface area contributed by atoms with Crippen LogP contribution in [0, 0.1) is 0 Å². The molecule has 0 aliphatic carbocycles. The van der Waals surface area contributed by atoms with Gasteiger partial charge in [0.2, 0.25) is 0 Å². The van der Waals surface area contributed by atoms with E-state index in [4.69, 9.17) is 5.73 Å². The van der Waals surface area contributed by atoms with E-state index in [0.29, 0.717) is 5.92 Å². The third kappa shape index (κ3) is 2.75. The van der Waals surface area contributed by atoms with Gasteiger partial charge in [-0.3, -0.25) is 0 Å². The lowest BCUT2D eigenvalue weighted by Crippen LogP contribution is -2.05. The van der Waals surface area contributed by atoms with Crippen molar-refractivity contribution in [2.24, 2.45) is 5.73 Å². The smallest absolute Gasteiger partial charge is 0.00715 e. The molecule has 0 radical (unpaired) electrons. The molecular formula is C16H19N. The zero-order valence-corrected chi connectivity index (χ0v) is 10.3. The van der Waals surface area contributed by atoms with Gasteiger partial charge in [0, 0.05) is 0 Å². The van der Waals surface area contributed by atoms with Crippen molar-refractivity contribution < 1.29 is 0 Å². The SMILES string of the molecule is CC(CCN)c1ccccc1-c1ccccc1. The van der Waals surface area contributed by atoms with Crippen LogP contribution in [0.1, 0.15) is 24.8 Å². The van der Waals surface area contributed by atoms with Crippen molar-refractivity contribution in [2.75, 3.05) is 6.54 Å². The van der Waals surface area contributed by atoms with Crippen molar-refractivity contribution >= 4 is 0 Å². The number of nitrogens with two attached hydrogens (primary N) is 1. The van der Waals surface area contributed by atoms with Crippen LogP contribution in [-0.4, -0.2) is 6.54 Å². The van der Waals surface area contributed by atoms with Crippen LogP contribution < -0.4 is 5.73 Å². The molecule has 88 valence electrons. The zero-order chi connectivity index (χ0) is 12.1. The van der Waals surface area contributed by atoms with Crippen LogP contribution in [0.5, 0.6) is 0 Å². The van der Waals surface area contributed by atoms with Crippen molar-refractivity contribution in [3.8, 4) is 11.1 Å². The highest BCUT2D eigenvalue weighted by atomic mass is 14.5. The summed E-state index contributed by atoms with van der Waals surface area (Å²) in [7, 11) is 0. The molecule has 0 saturated heterocycles. The molecule has 2 aromatic carbocycles. The summed E-state index contributed by atoms with van der Waals surface area (Å²) in [5.74, 6) is 0.511. The molecule has 1 atom stereocenters. The molecular weight excluding hydrogens is 206 g/mol. The fraction of sp³-hybridized carbons (Fsp3) is 0.250. The Kier molecular flexibility index (Phi) is 3.94. The molecule has 2 N–H and O–H groups in total. The van der Waals surface area contributed by atoms with Gasteiger partial charge in [-0.1, -0.05) is 61.5 Å². The van der Waals surface area contributed by atoms with Gasteiger partial charge < -0.3 is 5.73 Å². The second kappa shape index (κ2) is 5.65. The summed E-state index contributed by atoms with van der Waals surface area (Å²) >= 11 is 0. The molecule has 0 amide bonds. The van der Waals surface area contributed by atoms with Gasteiger partial charge in [-0.15, -0.1) is 0 Å². The largest absolute Gasteiger partial charge is 0.330 e. The minimum absolute atomic E-state index is 0.511. The first-order valence-corrected chi connectivity index (χ1v) is 6.17. The van der Waals surface area contributed by atoms with E-state index in [1.54, 1.807) is 0 Å². The average Bonchev–Trinajstić information content (AvgIpc) is 2.40. The first kappa shape index (κ1) is 11.9. The summed E-state index contributed by atoms with van der Waals surface area (Å²) in [6, 6.07) is 19.1. The van der Waals surface area contributed by atoms with Crippen molar-refractivity contribution in [1.82, 2.24) is 0 Å². The Labute approximate surface area is 103 Å². The third-order valence-corrected chi connectivity index (χ3v) is 3.18. The van der Waals surface area contributed by atoms with Crippen molar-refractivity contribution in [3.63, 3.8) is 0 Å². The molecule has 1 unspecified atom stereocenters. The molecule has 0 bridgehead atoms. The van der Waals surface area contributed by atoms with Crippen molar-refractivity contribution in [2.45, 2.75) is 19.3 Å². The first-order valence-electron chi connectivity index (χ1n) is 6.17. The van der Waals surface area contributed by atoms with Gasteiger partial charge in [0.15, 0.2) is 0 Å². The summed E-state index contributed by atoms with van der Waals surface area (Å²) in [4.78, 5) is 0. The quantitative estimate of drug-likeness (QED) is 0.841. The predicted octanol–water partition coefficient (Wildman–Crippen LogP) is 3.81. The van der Waals surface area contributed by atoms with E-state index in [-0.39, 0.29) is 0 Å². The molecule has 0 aliphatic rings. The molecule has 0 heterocycles. The lowest BCUT2D eigenvalue weighted by molar-refractivity contribution is 0.691. The number of rotatable bonds is 4. The molecule has 17 heavy (non-hydrogen) atoms. The van der Waals surface area contributed by atoms with Gasteiger partial charge in [0.25, 0.3) is 0 Å². The molecule has 1 heteroatoms. The summed E-state index contributed by atoms with van der Waals surface area (Å²) in [5, 5.41) is 0.